The van der Waals surface area contributed by atoms with Gasteiger partial charge in [0.25, 0.3) is 5.91 Å². The second-order valence-corrected chi connectivity index (χ2v) is 8.45. The van der Waals surface area contributed by atoms with Gasteiger partial charge in [0.2, 0.25) is 0 Å². The zero-order valence-corrected chi connectivity index (χ0v) is 18.8. The van der Waals surface area contributed by atoms with Crippen LogP contribution in [0, 0.1) is 25.2 Å². The van der Waals surface area contributed by atoms with Crippen molar-refractivity contribution in [3.05, 3.63) is 46.9 Å². The van der Waals surface area contributed by atoms with E-state index in [0.29, 0.717) is 29.0 Å². The first-order valence-electron chi connectivity index (χ1n) is 10.9. The second-order valence-electron chi connectivity index (χ2n) is 8.45. The van der Waals surface area contributed by atoms with Crippen molar-refractivity contribution in [2.45, 2.75) is 65.1 Å². The van der Waals surface area contributed by atoms with Crippen LogP contribution in [0.2, 0.25) is 0 Å². The molecule has 0 unspecified atom stereocenters. The van der Waals surface area contributed by atoms with E-state index in [0.717, 1.165) is 30.7 Å². The Bertz CT molecular complexity index is 1170. The lowest BCUT2D eigenvalue weighted by molar-refractivity contribution is 0.0819. The third-order valence-electron chi connectivity index (χ3n) is 5.78. The molecule has 0 saturated carbocycles. The second kappa shape index (κ2) is 9.01. The molecule has 1 saturated heterocycles. The summed E-state index contributed by atoms with van der Waals surface area (Å²) in [4.78, 5) is 30.8. The summed E-state index contributed by atoms with van der Waals surface area (Å²) in [5.41, 5.74) is 3.65. The Balaban J connectivity index is 1.78. The molecule has 9 nitrogen and oxygen atoms in total. The van der Waals surface area contributed by atoms with Crippen molar-refractivity contribution < 1.29 is 9.53 Å². The number of pyridine rings is 1. The van der Waals surface area contributed by atoms with Crippen LogP contribution in [0.25, 0.3) is 11.2 Å². The van der Waals surface area contributed by atoms with E-state index in [1.807, 2.05) is 18.4 Å². The van der Waals surface area contributed by atoms with Crippen LogP contribution in [0.3, 0.4) is 0 Å². The molecule has 32 heavy (non-hydrogen) atoms. The van der Waals surface area contributed by atoms with Crippen LogP contribution >= 0.6 is 0 Å². The molecule has 4 heterocycles. The molecule has 2 atom stereocenters. The molecule has 1 N–H and O–H groups in total. The van der Waals surface area contributed by atoms with E-state index in [1.54, 1.807) is 12.4 Å². The third-order valence-corrected chi connectivity index (χ3v) is 5.78. The number of nitriles is 1. The van der Waals surface area contributed by atoms with Gasteiger partial charge >= 0.3 is 0 Å². The Kier molecular flexibility index (Phi) is 6.15. The Morgan fingerprint density at radius 3 is 2.72 bits per heavy atom. The molecule has 0 aliphatic carbocycles. The number of imidazole rings is 1. The largest absolute Gasteiger partial charge is 0.378 e. The van der Waals surface area contributed by atoms with E-state index < -0.39 is 6.04 Å². The number of nitrogens with zero attached hydrogens (tertiary/aromatic N) is 6. The molecule has 0 radical (unpaired) electrons. The molecule has 3 aromatic rings. The van der Waals surface area contributed by atoms with Gasteiger partial charge in [-0.1, -0.05) is 0 Å². The standard InChI is InChI=1S/C23H27N7O2/c1-13(2)30-21(29-20-15(4)16(9-24)11-27-22(20)30)18(8-17-6-5-7-32-17)28-23(31)19-12-25-14(3)10-26-19/h10-13,17-18H,5-8H2,1-4H3,(H,28,31)/t17-,18+/m1/s1. The van der Waals surface area contributed by atoms with Crippen LogP contribution in [0.4, 0.5) is 0 Å². The lowest BCUT2D eigenvalue weighted by Crippen LogP contribution is -2.34. The highest BCUT2D eigenvalue weighted by molar-refractivity contribution is 5.92. The van der Waals surface area contributed by atoms with E-state index in [2.05, 4.69) is 40.2 Å². The summed E-state index contributed by atoms with van der Waals surface area (Å²) in [6.45, 7) is 8.53. The molecular formula is C23H27N7O2. The summed E-state index contributed by atoms with van der Waals surface area (Å²) in [5.74, 6) is 0.384. The Morgan fingerprint density at radius 2 is 2.09 bits per heavy atom. The summed E-state index contributed by atoms with van der Waals surface area (Å²) < 4.78 is 7.90. The van der Waals surface area contributed by atoms with Crippen molar-refractivity contribution in [1.82, 2.24) is 29.8 Å². The topological polar surface area (TPSA) is 119 Å². The number of carbonyl (C=O) groups excluding carboxylic acids is 1. The minimum absolute atomic E-state index is 0.0357. The fraction of sp³-hybridized carbons (Fsp3) is 0.478. The molecule has 9 heteroatoms. The normalized spacial score (nSPS) is 16.9. The van der Waals surface area contributed by atoms with Crippen molar-refractivity contribution in [3.63, 3.8) is 0 Å². The smallest absolute Gasteiger partial charge is 0.272 e. The first-order valence-corrected chi connectivity index (χ1v) is 10.9. The number of aryl methyl sites for hydroxylation is 2. The van der Waals surface area contributed by atoms with Crippen LogP contribution < -0.4 is 5.32 Å². The lowest BCUT2D eigenvalue weighted by Gasteiger charge is -2.23. The van der Waals surface area contributed by atoms with E-state index in [-0.39, 0.29) is 23.7 Å². The fourth-order valence-corrected chi connectivity index (χ4v) is 4.10. The SMILES string of the molecule is Cc1cnc(C(=O)N[C@@H](C[C@H]2CCCO2)c2nc3c(C)c(C#N)cnc3n2C(C)C)cn1. The number of hydrogen-bond acceptors (Lipinski definition) is 7. The molecule has 4 rings (SSSR count). The van der Waals surface area contributed by atoms with Gasteiger partial charge in [-0.05, 0) is 46.1 Å². The van der Waals surface area contributed by atoms with Gasteiger partial charge in [-0.15, -0.1) is 0 Å². The zero-order valence-electron chi connectivity index (χ0n) is 18.8. The predicted molar refractivity (Wildman–Crippen MR) is 118 cm³/mol. The Hall–Kier alpha value is -3.38. The molecule has 166 valence electrons. The van der Waals surface area contributed by atoms with E-state index >= 15 is 0 Å². The Labute approximate surface area is 186 Å². The maximum atomic E-state index is 13.0. The summed E-state index contributed by atoms with van der Waals surface area (Å²) in [5, 5.41) is 12.5. The quantitative estimate of drug-likeness (QED) is 0.633. The van der Waals surface area contributed by atoms with Gasteiger partial charge in [0, 0.05) is 31.5 Å². The average Bonchev–Trinajstić information content (AvgIpc) is 3.42. The van der Waals surface area contributed by atoms with Crippen molar-refractivity contribution in [3.8, 4) is 6.07 Å². The summed E-state index contributed by atoms with van der Waals surface area (Å²) in [7, 11) is 0. The number of fused-ring (bicyclic) bond motifs is 1. The van der Waals surface area contributed by atoms with Gasteiger partial charge < -0.3 is 14.6 Å². The van der Waals surface area contributed by atoms with Crippen LogP contribution in [0.5, 0.6) is 0 Å². The number of aromatic nitrogens is 5. The van der Waals surface area contributed by atoms with Crippen molar-refractivity contribution in [2.24, 2.45) is 0 Å². The van der Waals surface area contributed by atoms with Crippen LogP contribution in [-0.2, 0) is 4.74 Å². The summed E-state index contributed by atoms with van der Waals surface area (Å²) in [6, 6.07) is 1.82. The van der Waals surface area contributed by atoms with Gasteiger partial charge in [0.15, 0.2) is 5.65 Å². The number of carbonyl (C=O) groups is 1. The molecule has 0 aromatic carbocycles. The molecule has 1 aliphatic rings. The zero-order chi connectivity index (χ0) is 22.8. The molecule has 1 aliphatic heterocycles. The van der Waals surface area contributed by atoms with Gasteiger partial charge in [0.05, 0.1) is 29.6 Å². The molecule has 1 fully saturated rings. The average molecular weight is 434 g/mol. The maximum absolute atomic E-state index is 13.0. The van der Waals surface area contributed by atoms with Crippen LogP contribution in [0.15, 0.2) is 18.6 Å². The van der Waals surface area contributed by atoms with Gasteiger partial charge in [-0.25, -0.2) is 15.0 Å². The van der Waals surface area contributed by atoms with E-state index in [9.17, 15) is 10.1 Å². The molecule has 1 amide bonds. The first-order chi connectivity index (χ1) is 15.4. The highest BCUT2D eigenvalue weighted by Crippen LogP contribution is 2.31. The first kappa shape index (κ1) is 21.8. The van der Waals surface area contributed by atoms with Crippen LogP contribution in [0.1, 0.15) is 78.3 Å². The summed E-state index contributed by atoms with van der Waals surface area (Å²) >= 11 is 0. The number of hydrogen-bond donors (Lipinski definition) is 1. The van der Waals surface area contributed by atoms with Gasteiger partial charge in [0.1, 0.15) is 23.1 Å². The van der Waals surface area contributed by atoms with Gasteiger partial charge in [-0.2, -0.15) is 5.26 Å². The third kappa shape index (κ3) is 4.18. The molecular weight excluding hydrogens is 406 g/mol. The van der Waals surface area contributed by atoms with Crippen LogP contribution in [-0.4, -0.2) is 43.1 Å². The van der Waals surface area contributed by atoms with Crippen molar-refractivity contribution in [2.75, 3.05) is 6.61 Å². The lowest BCUT2D eigenvalue weighted by atomic mass is 10.1. The Morgan fingerprint density at radius 1 is 1.28 bits per heavy atom. The minimum atomic E-state index is -0.407. The fourth-order valence-electron chi connectivity index (χ4n) is 4.10. The molecule has 0 bridgehead atoms. The number of amides is 1. The summed E-state index contributed by atoms with van der Waals surface area (Å²) in [6.07, 6.45) is 7.20. The van der Waals surface area contributed by atoms with Crippen molar-refractivity contribution >= 4 is 17.1 Å². The van der Waals surface area contributed by atoms with Gasteiger partial charge in [-0.3, -0.25) is 9.78 Å². The highest BCUT2D eigenvalue weighted by Gasteiger charge is 2.30. The minimum Gasteiger partial charge on any atom is -0.378 e. The predicted octanol–water partition coefficient (Wildman–Crippen LogP) is 3.33. The van der Waals surface area contributed by atoms with E-state index in [1.165, 1.54) is 6.20 Å². The number of rotatable bonds is 6. The maximum Gasteiger partial charge on any atom is 0.272 e. The molecule has 3 aromatic heterocycles. The monoisotopic (exact) mass is 433 g/mol. The highest BCUT2D eigenvalue weighted by atomic mass is 16.5. The number of ether oxygens (including phenoxy) is 1. The van der Waals surface area contributed by atoms with E-state index in [4.69, 9.17) is 9.72 Å². The number of nitrogens with one attached hydrogen (secondary N) is 1. The molecule has 0 spiro atoms. The van der Waals surface area contributed by atoms with Crippen molar-refractivity contribution in [1.29, 1.82) is 5.26 Å².